The fourth-order valence-electron chi connectivity index (χ4n) is 0.349. The van der Waals surface area contributed by atoms with Crippen molar-refractivity contribution in [1.82, 2.24) is 0 Å². The van der Waals surface area contributed by atoms with Crippen molar-refractivity contribution in [3.05, 3.63) is 13.8 Å². The quantitative estimate of drug-likeness (QED) is 0.503. The van der Waals surface area contributed by atoms with E-state index in [4.69, 9.17) is 10.8 Å². The summed E-state index contributed by atoms with van der Waals surface area (Å²) in [7, 11) is 0. The van der Waals surface area contributed by atoms with Gasteiger partial charge in [0, 0.05) is 6.04 Å². The molecular weight excluding hydrogens is 90.1 g/mol. The number of aliphatic hydroxyl groups excluding tert-OH is 1. The van der Waals surface area contributed by atoms with Gasteiger partial charge in [-0.2, -0.15) is 0 Å². The van der Waals surface area contributed by atoms with Crippen LogP contribution in [0.15, 0.2) is 0 Å². The maximum atomic E-state index is 8.49. The van der Waals surface area contributed by atoms with Crippen LogP contribution in [0.1, 0.15) is 6.42 Å². The number of rotatable bonds is 2. The Morgan fingerprint density at radius 2 is 2.00 bits per heavy atom. The van der Waals surface area contributed by atoms with E-state index in [1.165, 1.54) is 0 Å². The van der Waals surface area contributed by atoms with Gasteiger partial charge in [-0.15, -0.1) is 0 Å². The van der Waals surface area contributed by atoms with Gasteiger partial charge in [-0.05, 0) is 20.3 Å². The largest absolute Gasteiger partial charge is 0.393 e. The lowest BCUT2D eigenvalue weighted by molar-refractivity contribution is 0.205. The molecule has 0 aromatic heterocycles. The molecule has 3 N–H and O–H groups in total. The molecule has 0 amide bonds. The highest BCUT2D eigenvalue weighted by Crippen LogP contribution is 1.90. The normalized spacial score (nSPS) is 18.9. The summed E-state index contributed by atoms with van der Waals surface area (Å²) in [4.78, 5) is 0. The molecule has 2 heteroatoms. The van der Waals surface area contributed by atoms with Crippen LogP contribution >= 0.6 is 0 Å². The highest BCUT2D eigenvalue weighted by atomic mass is 16.3. The second kappa shape index (κ2) is 2.99. The number of aliphatic hydroxyl groups is 1. The predicted octanol–water partition coefficient (Wildman–Crippen LogP) is -0.267. The molecule has 7 heavy (non-hydrogen) atoms. The van der Waals surface area contributed by atoms with E-state index in [2.05, 4.69) is 13.8 Å². The lowest BCUT2D eigenvalue weighted by Gasteiger charge is -2.04. The van der Waals surface area contributed by atoms with Crippen LogP contribution in [0.2, 0.25) is 0 Å². The van der Waals surface area contributed by atoms with E-state index in [9.17, 15) is 0 Å². The van der Waals surface area contributed by atoms with Crippen LogP contribution in [-0.4, -0.2) is 17.3 Å². The Morgan fingerprint density at radius 3 is 2.00 bits per heavy atom. The first-order valence-electron chi connectivity index (χ1n) is 2.22. The average Bonchev–Trinajstić information content (AvgIpc) is 1.27. The Morgan fingerprint density at radius 1 is 1.57 bits per heavy atom. The van der Waals surface area contributed by atoms with Crippen molar-refractivity contribution in [1.29, 1.82) is 0 Å². The zero-order valence-corrected chi connectivity index (χ0v) is 4.30. The minimum atomic E-state index is -0.563. The van der Waals surface area contributed by atoms with Gasteiger partial charge in [0.1, 0.15) is 0 Å². The van der Waals surface area contributed by atoms with Crippen LogP contribution < -0.4 is 5.73 Å². The molecule has 2 unspecified atom stereocenters. The Labute approximate surface area is 44.3 Å². The molecule has 0 saturated heterocycles. The van der Waals surface area contributed by atoms with Gasteiger partial charge < -0.3 is 10.8 Å². The molecule has 0 fully saturated rings. The van der Waals surface area contributed by atoms with Crippen LogP contribution in [0.25, 0.3) is 0 Å². The van der Waals surface area contributed by atoms with Crippen LogP contribution in [0.4, 0.5) is 0 Å². The summed E-state index contributed by atoms with van der Waals surface area (Å²) in [5.41, 5.74) is 5.18. The molecular formula is C5H11NO. The Kier molecular flexibility index (Phi) is 2.96. The van der Waals surface area contributed by atoms with E-state index in [-0.39, 0.29) is 6.04 Å². The fraction of sp³-hybridized carbons (Fsp3) is 0.600. The maximum Gasteiger partial charge on any atom is 0.0556 e. The second-order valence-electron chi connectivity index (χ2n) is 1.65. The summed E-state index contributed by atoms with van der Waals surface area (Å²) in [5.74, 6) is 0. The zero-order valence-electron chi connectivity index (χ0n) is 4.30. The van der Waals surface area contributed by atoms with Crippen LogP contribution in [-0.2, 0) is 0 Å². The number of hydrogen-bond acceptors (Lipinski definition) is 2. The molecule has 2 atom stereocenters. The maximum absolute atomic E-state index is 8.49. The summed E-state index contributed by atoms with van der Waals surface area (Å²) in [5, 5.41) is 8.49. The highest BCUT2D eigenvalue weighted by Gasteiger charge is 1.97. The minimum Gasteiger partial charge on any atom is -0.393 e. The van der Waals surface area contributed by atoms with Gasteiger partial charge >= 0.3 is 0 Å². The van der Waals surface area contributed by atoms with E-state index in [1.807, 2.05) is 0 Å². The molecule has 42 valence electrons. The van der Waals surface area contributed by atoms with Gasteiger partial charge in [-0.25, -0.2) is 0 Å². The molecule has 0 heterocycles. The van der Waals surface area contributed by atoms with Gasteiger partial charge in [0.15, 0.2) is 0 Å². The molecule has 0 aliphatic heterocycles. The molecule has 2 radical (unpaired) electrons. The predicted molar refractivity (Wildman–Crippen MR) is 29.3 cm³/mol. The average molecular weight is 101 g/mol. The molecule has 0 rings (SSSR count). The van der Waals surface area contributed by atoms with E-state index in [1.54, 1.807) is 0 Å². The van der Waals surface area contributed by atoms with Crippen molar-refractivity contribution in [2.45, 2.75) is 18.6 Å². The lowest BCUT2D eigenvalue weighted by atomic mass is 10.2. The van der Waals surface area contributed by atoms with Crippen molar-refractivity contribution in [2.75, 3.05) is 0 Å². The Balaban J connectivity index is 2.95. The summed E-state index contributed by atoms with van der Waals surface area (Å²) in [6.07, 6.45) is -0.0903. The third kappa shape index (κ3) is 5.92. The van der Waals surface area contributed by atoms with E-state index >= 15 is 0 Å². The Hall–Kier alpha value is -0.0800. The monoisotopic (exact) mass is 101 g/mol. The molecule has 0 aromatic carbocycles. The first-order valence-corrected chi connectivity index (χ1v) is 2.22. The molecule has 0 bridgehead atoms. The van der Waals surface area contributed by atoms with Crippen LogP contribution in [0.3, 0.4) is 0 Å². The molecule has 0 aliphatic rings. The molecule has 0 aromatic rings. The third-order valence-corrected chi connectivity index (χ3v) is 0.575. The number of hydrogen-bond donors (Lipinski definition) is 2. The van der Waals surface area contributed by atoms with Crippen molar-refractivity contribution < 1.29 is 5.11 Å². The van der Waals surface area contributed by atoms with Crippen LogP contribution in [0, 0.1) is 13.8 Å². The van der Waals surface area contributed by atoms with Crippen molar-refractivity contribution >= 4 is 0 Å². The molecule has 0 aliphatic carbocycles. The minimum absolute atomic E-state index is 0.188. The standard InChI is InChI=1S/C5H11NO/c1-4(6)3-5(2)7/h4-5,7H,1-3,6H2. The SMILES string of the molecule is [CH2]C(N)CC([CH2])O. The van der Waals surface area contributed by atoms with Gasteiger partial charge in [-0.1, -0.05) is 0 Å². The van der Waals surface area contributed by atoms with Crippen molar-refractivity contribution in [2.24, 2.45) is 5.73 Å². The lowest BCUT2D eigenvalue weighted by Crippen LogP contribution is -2.20. The van der Waals surface area contributed by atoms with Gasteiger partial charge in [0.25, 0.3) is 0 Å². The van der Waals surface area contributed by atoms with Crippen molar-refractivity contribution in [3.8, 4) is 0 Å². The van der Waals surface area contributed by atoms with Crippen LogP contribution in [0.5, 0.6) is 0 Å². The first kappa shape index (κ1) is 6.92. The molecule has 0 saturated carbocycles. The van der Waals surface area contributed by atoms with E-state index < -0.39 is 6.10 Å². The molecule has 0 spiro atoms. The van der Waals surface area contributed by atoms with E-state index in [0.29, 0.717) is 6.42 Å². The summed E-state index contributed by atoms with van der Waals surface area (Å²) in [6.45, 7) is 6.77. The summed E-state index contributed by atoms with van der Waals surface area (Å²) >= 11 is 0. The topological polar surface area (TPSA) is 46.2 Å². The highest BCUT2D eigenvalue weighted by molar-refractivity contribution is 4.69. The second-order valence-corrected chi connectivity index (χ2v) is 1.65. The van der Waals surface area contributed by atoms with Gasteiger partial charge in [-0.3, -0.25) is 0 Å². The smallest absolute Gasteiger partial charge is 0.0556 e. The summed E-state index contributed by atoms with van der Waals surface area (Å²) in [6, 6.07) is -0.188. The van der Waals surface area contributed by atoms with E-state index in [0.717, 1.165) is 0 Å². The van der Waals surface area contributed by atoms with Gasteiger partial charge in [0.05, 0.1) is 6.10 Å². The summed E-state index contributed by atoms with van der Waals surface area (Å²) < 4.78 is 0. The third-order valence-electron chi connectivity index (χ3n) is 0.575. The number of nitrogens with two attached hydrogens (primary N) is 1. The zero-order chi connectivity index (χ0) is 5.86. The molecule has 2 nitrogen and oxygen atoms in total. The fourth-order valence-corrected chi connectivity index (χ4v) is 0.349. The Bertz CT molecular complexity index is 37.3. The van der Waals surface area contributed by atoms with Gasteiger partial charge in [0.2, 0.25) is 0 Å². The van der Waals surface area contributed by atoms with Crippen molar-refractivity contribution in [3.63, 3.8) is 0 Å². The first-order chi connectivity index (χ1) is 3.13.